The highest BCUT2D eigenvalue weighted by Gasteiger charge is 2.37. The van der Waals surface area contributed by atoms with Crippen LogP contribution < -0.4 is 4.74 Å². The molecule has 1 aliphatic rings. The SMILES string of the molecule is CC1(C)CCC(C)(C)c2cc(OC#Cc3ccc(C(=O)O)cc3)ccc21. The van der Waals surface area contributed by atoms with Gasteiger partial charge in [0.1, 0.15) is 11.9 Å². The number of carboxylic acids is 1. The van der Waals surface area contributed by atoms with Gasteiger partial charge in [0.2, 0.25) is 0 Å². The molecule has 3 rings (SSSR count). The zero-order chi connectivity index (χ0) is 18.9. The van der Waals surface area contributed by atoms with Crippen molar-refractivity contribution in [2.24, 2.45) is 0 Å². The number of hydrogen-bond acceptors (Lipinski definition) is 2. The number of hydrogen-bond donors (Lipinski definition) is 1. The fraction of sp³-hybridized carbons (Fsp3) is 0.348. The Labute approximate surface area is 155 Å². The second-order valence-corrected chi connectivity index (χ2v) is 8.19. The van der Waals surface area contributed by atoms with E-state index >= 15 is 0 Å². The van der Waals surface area contributed by atoms with Crippen LogP contribution in [-0.2, 0) is 10.8 Å². The van der Waals surface area contributed by atoms with E-state index in [2.05, 4.69) is 51.9 Å². The van der Waals surface area contributed by atoms with Crippen molar-refractivity contribution in [2.45, 2.75) is 51.4 Å². The molecule has 134 valence electrons. The summed E-state index contributed by atoms with van der Waals surface area (Å²) >= 11 is 0. The van der Waals surface area contributed by atoms with E-state index in [0.717, 1.165) is 17.7 Å². The summed E-state index contributed by atoms with van der Waals surface area (Å²) in [7, 11) is 0. The smallest absolute Gasteiger partial charge is 0.335 e. The minimum Gasteiger partial charge on any atom is -0.478 e. The van der Waals surface area contributed by atoms with Crippen molar-refractivity contribution in [3.05, 3.63) is 64.7 Å². The monoisotopic (exact) mass is 348 g/mol. The van der Waals surface area contributed by atoms with Crippen molar-refractivity contribution in [3.8, 4) is 17.8 Å². The number of carbonyl (C=O) groups is 1. The predicted molar refractivity (Wildman–Crippen MR) is 103 cm³/mol. The lowest BCUT2D eigenvalue weighted by Crippen LogP contribution is -2.33. The molecule has 0 fully saturated rings. The molecule has 3 nitrogen and oxygen atoms in total. The summed E-state index contributed by atoms with van der Waals surface area (Å²) in [5, 5.41) is 8.92. The highest BCUT2D eigenvalue weighted by Crippen LogP contribution is 2.46. The Morgan fingerprint density at radius 1 is 0.962 bits per heavy atom. The van der Waals surface area contributed by atoms with Crippen molar-refractivity contribution in [1.29, 1.82) is 0 Å². The van der Waals surface area contributed by atoms with Gasteiger partial charge in [-0.3, -0.25) is 0 Å². The van der Waals surface area contributed by atoms with Crippen LogP contribution in [0.15, 0.2) is 42.5 Å². The predicted octanol–water partition coefficient (Wildman–Crippen LogP) is 5.12. The molecule has 0 saturated carbocycles. The Balaban J connectivity index is 1.81. The van der Waals surface area contributed by atoms with E-state index in [1.807, 2.05) is 6.07 Å². The summed E-state index contributed by atoms with van der Waals surface area (Å²) in [5.41, 5.74) is 3.99. The topological polar surface area (TPSA) is 46.5 Å². The quantitative estimate of drug-likeness (QED) is 0.766. The fourth-order valence-corrected chi connectivity index (χ4v) is 3.47. The maximum absolute atomic E-state index is 10.9. The first-order valence-corrected chi connectivity index (χ1v) is 8.85. The summed E-state index contributed by atoms with van der Waals surface area (Å²) in [6.45, 7) is 9.14. The van der Waals surface area contributed by atoms with Gasteiger partial charge in [0.15, 0.2) is 0 Å². The van der Waals surface area contributed by atoms with Crippen molar-refractivity contribution < 1.29 is 14.6 Å². The number of carboxylic acid groups (broad SMARTS) is 1. The van der Waals surface area contributed by atoms with Crippen LogP contribution in [0.3, 0.4) is 0 Å². The molecule has 3 heteroatoms. The average Bonchev–Trinajstić information content (AvgIpc) is 2.59. The van der Waals surface area contributed by atoms with Crippen LogP contribution in [0.1, 0.15) is 67.6 Å². The van der Waals surface area contributed by atoms with Crippen molar-refractivity contribution in [2.75, 3.05) is 0 Å². The van der Waals surface area contributed by atoms with Gasteiger partial charge in [0.25, 0.3) is 0 Å². The van der Waals surface area contributed by atoms with E-state index in [1.54, 1.807) is 12.1 Å². The molecule has 0 atom stereocenters. The maximum atomic E-state index is 10.9. The van der Waals surface area contributed by atoms with E-state index < -0.39 is 5.97 Å². The minimum atomic E-state index is -0.944. The molecule has 0 amide bonds. The highest BCUT2D eigenvalue weighted by atomic mass is 16.5. The third-order valence-electron chi connectivity index (χ3n) is 5.32. The van der Waals surface area contributed by atoms with Gasteiger partial charge >= 0.3 is 5.97 Å². The molecule has 1 N–H and O–H groups in total. The molecule has 0 radical (unpaired) electrons. The number of rotatable bonds is 2. The molecule has 0 heterocycles. The molecule has 26 heavy (non-hydrogen) atoms. The van der Waals surface area contributed by atoms with Gasteiger partial charge in [0.05, 0.1) is 5.56 Å². The van der Waals surface area contributed by atoms with Gasteiger partial charge in [-0.25, -0.2) is 4.79 Å². The molecule has 2 aromatic carbocycles. The molecule has 2 aromatic rings. The van der Waals surface area contributed by atoms with Crippen LogP contribution in [0.25, 0.3) is 0 Å². The second kappa shape index (κ2) is 6.53. The zero-order valence-electron chi connectivity index (χ0n) is 15.7. The fourth-order valence-electron chi connectivity index (χ4n) is 3.47. The third kappa shape index (κ3) is 3.60. The van der Waals surface area contributed by atoms with Gasteiger partial charge in [-0.1, -0.05) is 33.8 Å². The number of benzene rings is 2. The summed E-state index contributed by atoms with van der Waals surface area (Å²) in [4.78, 5) is 10.9. The number of ether oxygens (including phenoxy) is 1. The number of aromatic carboxylic acids is 1. The van der Waals surface area contributed by atoms with Gasteiger partial charge in [-0.2, -0.15) is 0 Å². The summed E-state index contributed by atoms with van der Waals surface area (Å²) in [5.74, 6) is 2.71. The van der Waals surface area contributed by atoms with E-state index in [-0.39, 0.29) is 16.4 Å². The van der Waals surface area contributed by atoms with Crippen molar-refractivity contribution >= 4 is 5.97 Å². The third-order valence-corrected chi connectivity index (χ3v) is 5.32. The molecule has 0 spiro atoms. The van der Waals surface area contributed by atoms with Crippen LogP contribution in [0.5, 0.6) is 5.75 Å². The number of fused-ring (bicyclic) bond motifs is 1. The lowest BCUT2D eigenvalue weighted by molar-refractivity contribution is 0.0697. The molecular weight excluding hydrogens is 324 g/mol. The molecule has 1 aliphatic carbocycles. The standard InChI is InChI=1S/C23H24O3/c1-22(2)12-13-23(3,4)20-15-18(9-10-19(20)22)26-14-11-16-5-7-17(8-6-16)21(24)25/h5-10,15H,12-13H2,1-4H3,(H,24,25). The van der Waals surface area contributed by atoms with Crippen molar-refractivity contribution in [3.63, 3.8) is 0 Å². The van der Waals surface area contributed by atoms with E-state index in [9.17, 15) is 4.79 Å². The van der Waals surface area contributed by atoms with E-state index in [1.165, 1.54) is 29.7 Å². The minimum absolute atomic E-state index is 0.129. The van der Waals surface area contributed by atoms with E-state index in [4.69, 9.17) is 9.84 Å². The lowest BCUT2D eigenvalue weighted by Gasteiger charge is -2.41. The Hall–Kier alpha value is -2.73. The van der Waals surface area contributed by atoms with Gasteiger partial charge < -0.3 is 9.84 Å². The first kappa shape index (κ1) is 18.1. The second-order valence-electron chi connectivity index (χ2n) is 8.19. The molecule has 0 unspecified atom stereocenters. The van der Waals surface area contributed by atoms with Crippen LogP contribution in [0.4, 0.5) is 0 Å². The normalized spacial score (nSPS) is 16.8. The summed E-state index contributed by atoms with van der Waals surface area (Å²) < 4.78 is 5.64. The molecule has 0 aromatic heterocycles. The highest BCUT2D eigenvalue weighted by molar-refractivity contribution is 5.87. The lowest BCUT2D eigenvalue weighted by atomic mass is 9.63. The van der Waals surface area contributed by atoms with Crippen LogP contribution >= 0.6 is 0 Å². The maximum Gasteiger partial charge on any atom is 0.335 e. The Kier molecular flexibility index (Phi) is 4.54. The molecular formula is C23H24O3. The van der Waals surface area contributed by atoms with Crippen LogP contribution in [0.2, 0.25) is 0 Å². The van der Waals surface area contributed by atoms with Gasteiger partial charge in [0, 0.05) is 5.56 Å². The first-order valence-electron chi connectivity index (χ1n) is 8.85. The van der Waals surface area contributed by atoms with Crippen molar-refractivity contribution in [1.82, 2.24) is 0 Å². The van der Waals surface area contributed by atoms with Crippen LogP contribution in [-0.4, -0.2) is 11.1 Å². The zero-order valence-corrected chi connectivity index (χ0v) is 15.7. The molecule has 0 aliphatic heterocycles. The Morgan fingerprint density at radius 3 is 2.19 bits per heavy atom. The van der Waals surface area contributed by atoms with Crippen LogP contribution in [0, 0.1) is 12.0 Å². The van der Waals surface area contributed by atoms with E-state index in [0.29, 0.717) is 0 Å². The Morgan fingerprint density at radius 2 is 1.58 bits per heavy atom. The first-order chi connectivity index (χ1) is 12.2. The average molecular weight is 348 g/mol. The Bertz CT molecular complexity index is 893. The molecule has 0 bridgehead atoms. The molecule has 0 saturated heterocycles. The van der Waals surface area contributed by atoms with Gasteiger partial charge in [-0.15, -0.1) is 0 Å². The summed E-state index contributed by atoms with van der Waals surface area (Å²) in [6.07, 6.45) is 5.05. The largest absolute Gasteiger partial charge is 0.478 e. The van der Waals surface area contributed by atoms with Gasteiger partial charge in [-0.05, 0) is 77.1 Å². The summed E-state index contributed by atoms with van der Waals surface area (Å²) in [6, 6.07) is 12.7.